The highest BCUT2D eigenvalue weighted by atomic mass is 79.9. The fourth-order valence-electron chi connectivity index (χ4n) is 2.38. The number of nitrogens with zero attached hydrogens (tertiary/aromatic N) is 1. The van der Waals surface area contributed by atoms with Gasteiger partial charge in [-0.2, -0.15) is 5.26 Å². The van der Waals surface area contributed by atoms with E-state index in [2.05, 4.69) is 20.9 Å². The first kappa shape index (κ1) is 16.5. The van der Waals surface area contributed by atoms with E-state index in [0.29, 0.717) is 11.3 Å². The molecule has 3 aromatic rings. The molecule has 0 unspecified atom stereocenters. The second kappa shape index (κ2) is 6.63. The van der Waals surface area contributed by atoms with Gasteiger partial charge in [0.15, 0.2) is 0 Å². The quantitative estimate of drug-likeness (QED) is 0.691. The van der Waals surface area contributed by atoms with Crippen molar-refractivity contribution in [3.63, 3.8) is 0 Å². The number of aryl methyl sites for hydroxylation is 1. The highest BCUT2D eigenvalue weighted by Gasteiger charge is 2.15. The van der Waals surface area contributed by atoms with E-state index in [1.165, 1.54) is 0 Å². The maximum atomic E-state index is 12.3. The summed E-state index contributed by atoms with van der Waals surface area (Å²) < 4.78 is 6.13. The van der Waals surface area contributed by atoms with Crippen molar-refractivity contribution in [2.75, 3.05) is 7.11 Å². The third kappa shape index (κ3) is 3.01. The summed E-state index contributed by atoms with van der Waals surface area (Å²) in [6.45, 7) is 1.99. The Morgan fingerprint density at radius 1 is 1.25 bits per heavy atom. The normalized spacial score (nSPS) is 10.4. The molecule has 0 saturated heterocycles. The summed E-state index contributed by atoms with van der Waals surface area (Å²) in [5.41, 5.74) is 1.90. The predicted molar refractivity (Wildman–Crippen MR) is 99.5 cm³/mol. The molecule has 0 atom stereocenters. The fraction of sp³-hybridized carbons (Fsp3) is 0.111. The van der Waals surface area contributed by atoms with Crippen molar-refractivity contribution in [1.29, 1.82) is 5.26 Å². The van der Waals surface area contributed by atoms with Gasteiger partial charge in [0.2, 0.25) is 0 Å². The third-order valence-corrected chi connectivity index (χ3v) is 5.84. The van der Waals surface area contributed by atoms with Gasteiger partial charge in [0.05, 0.1) is 7.11 Å². The molecule has 2 aromatic heterocycles. The van der Waals surface area contributed by atoms with E-state index in [4.69, 9.17) is 4.74 Å². The maximum Gasteiger partial charge on any atom is 0.267 e. The topological polar surface area (TPSA) is 65.9 Å². The number of H-pyrrole nitrogens is 1. The minimum Gasteiger partial charge on any atom is -0.497 e. The molecule has 4 nitrogen and oxygen atoms in total. The first-order chi connectivity index (χ1) is 11.5. The van der Waals surface area contributed by atoms with Crippen LogP contribution in [0.1, 0.15) is 10.4 Å². The molecule has 0 spiro atoms. The van der Waals surface area contributed by atoms with Gasteiger partial charge in [0, 0.05) is 25.5 Å². The van der Waals surface area contributed by atoms with Crippen LogP contribution in [0.4, 0.5) is 0 Å². The smallest absolute Gasteiger partial charge is 0.267 e. The van der Waals surface area contributed by atoms with Gasteiger partial charge in [-0.05, 0) is 64.8 Å². The van der Waals surface area contributed by atoms with Crippen molar-refractivity contribution in [3.05, 3.63) is 61.7 Å². The van der Waals surface area contributed by atoms with Crippen LogP contribution >= 0.6 is 27.3 Å². The molecule has 1 N–H and O–H groups in total. The number of benzene rings is 1. The van der Waals surface area contributed by atoms with Gasteiger partial charge in [-0.25, -0.2) is 0 Å². The van der Waals surface area contributed by atoms with E-state index in [0.717, 1.165) is 25.5 Å². The van der Waals surface area contributed by atoms with Crippen molar-refractivity contribution < 1.29 is 4.74 Å². The lowest BCUT2D eigenvalue weighted by atomic mass is 10.0. The number of nitrogens with one attached hydrogen (secondary N) is 1. The molecule has 1 aromatic carbocycles. The number of hydrogen-bond acceptors (Lipinski definition) is 4. The number of ether oxygens (including phenoxy) is 1. The molecule has 24 heavy (non-hydrogen) atoms. The van der Waals surface area contributed by atoms with E-state index < -0.39 is 0 Å². The second-order valence-corrected chi connectivity index (χ2v) is 7.27. The lowest BCUT2D eigenvalue weighted by molar-refractivity contribution is 0.415. The summed E-state index contributed by atoms with van der Waals surface area (Å²) in [6, 6.07) is 13.2. The molecule has 0 aliphatic carbocycles. The summed E-state index contributed by atoms with van der Waals surface area (Å²) in [5.74, 6) is 0.743. The Hall–Kier alpha value is -2.36. The van der Waals surface area contributed by atoms with E-state index in [1.807, 2.05) is 49.4 Å². The standard InChI is InChI=1S/C18H13BrN2O2S/c1-10-15(19)8-17(24-10)13-7-16(21-18(22)14(13)9-20)11-3-5-12(23-2)6-4-11/h3-8H,1-2H3,(H,21,22). The molecule has 0 amide bonds. The molecule has 120 valence electrons. The number of hydrogen-bond donors (Lipinski definition) is 1. The van der Waals surface area contributed by atoms with Crippen molar-refractivity contribution >= 4 is 27.3 Å². The predicted octanol–water partition coefficient (Wildman–Crippen LogP) is 4.72. The average molecular weight is 401 g/mol. The number of nitriles is 1. The molecule has 0 aliphatic rings. The van der Waals surface area contributed by atoms with Gasteiger partial charge in [-0.15, -0.1) is 11.3 Å². The van der Waals surface area contributed by atoms with Crippen molar-refractivity contribution in [2.45, 2.75) is 6.92 Å². The number of pyridine rings is 1. The third-order valence-electron chi connectivity index (χ3n) is 3.67. The number of aromatic amines is 1. The van der Waals surface area contributed by atoms with Gasteiger partial charge < -0.3 is 9.72 Å². The molecule has 0 fully saturated rings. The van der Waals surface area contributed by atoms with Crippen LogP contribution in [-0.2, 0) is 0 Å². The Kier molecular flexibility index (Phi) is 4.56. The van der Waals surface area contributed by atoms with E-state index in [1.54, 1.807) is 18.4 Å². The van der Waals surface area contributed by atoms with Crippen molar-refractivity contribution in [2.24, 2.45) is 0 Å². The largest absolute Gasteiger partial charge is 0.497 e. The molecule has 0 bridgehead atoms. The van der Waals surface area contributed by atoms with Crippen molar-refractivity contribution in [3.8, 4) is 33.5 Å². The summed E-state index contributed by atoms with van der Waals surface area (Å²) in [6.07, 6.45) is 0. The summed E-state index contributed by atoms with van der Waals surface area (Å²) in [4.78, 5) is 17.1. The zero-order valence-corrected chi connectivity index (χ0v) is 15.4. The summed E-state index contributed by atoms with van der Waals surface area (Å²) in [7, 11) is 1.60. The molecule has 2 heterocycles. The monoisotopic (exact) mass is 400 g/mol. The maximum absolute atomic E-state index is 12.3. The zero-order chi connectivity index (χ0) is 17.3. The van der Waals surface area contributed by atoms with Gasteiger partial charge >= 0.3 is 0 Å². The first-order valence-corrected chi connectivity index (χ1v) is 8.72. The number of halogens is 1. The van der Waals surface area contributed by atoms with Gasteiger partial charge in [0.1, 0.15) is 17.4 Å². The lowest BCUT2D eigenvalue weighted by Crippen LogP contribution is -2.12. The number of rotatable bonds is 3. The number of aromatic nitrogens is 1. The fourth-order valence-corrected chi connectivity index (χ4v) is 3.94. The van der Waals surface area contributed by atoms with Gasteiger partial charge in [-0.3, -0.25) is 4.79 Å². The molecular formula is C18H13BrN2O2S. The Labute approximate surface area is 151 Å². The van der Waals surface area contributed by atoms with E-state index >= 15 is 0 Å². The van der Waals surface area contributed by atoms with Gasteiger partial charge in [0.25, 0.3) is 5.56 Å². The van der Waals surface area contributed by atoms with Crippen molar-refractivity contribution in [1.82, 2.24) is 4.98 Å². The zero-order valence-electron chi connectivity index (χ0n) is 13.0. The van der Waals surface area contributed by atoms with Crippen LogP contribution in [0.15, 0.2) is 45.7 Å². The lowest BCUT2D eigenvalue weighted by Gasteiger charge is -2.07. The molecule has 6 heteroatoms. The van der Waals surface area contributed by atoms with E-state index in [9.17, 15) is 10.1 Å². The molecule has 3 rings (SSSR count). The first-order valence-electron chi connectivity index (χ1n) is 7.11. The number of methoxy groups -OCH3 is 1. The summed E-state index contributed by atoms with van der Waals surface area (Å²) >= 11 is 5.03. The van der Waals surface area contributed by atoms with Crippen LogP contribution < -0.4 is 10.3 Å². The highest BCUT2D eigenvalue weighted by molar-refractivity contribution is 9.10. The minimum atomic E-state index is -0.386. The SMILES string of the molecule is COc1ccc(-c2cc(-c3cc(Br)c(C)s3)c(C#N)c(=O)[nH]2)cc1. The minimum absolute atomic E-state index is 0.126. The molecule has 0 aliphatic heterocycles. The van der Waals surface area contributed by atoms with Crippen LogP contribution in [0, 0.1) is 18.3 Å². The average Bonchev–Trinajstić information content (AvgIpc) is 2.93. The molecule has 0 radical (unpaired) electrons. The highest BCUT2D eigenvalue weighted by Crippen LogP contribution is 2.36. The molecular weight excluding hydrogens is 388 g/mol. The van der Waals surface area contributed by atoms with Crippen LogP contribution in [0.5, 0.6) is 5.75 Å². The van der Waals surface area contributed by atoms with E-state index in [-0.39, 0.29) is 11.1 Å². The Bertz CT molecular complexity index is 978. The Balaban J connectivity index is 2.19. The Morgan fingerprint density at radius 2 is 1.96 bits per heavy atom. The Morgan fingerprint density at radius 3 is 2.50 bits per heavy atom. The van der Waals surface area contributed by atoms with Crippen LogP contribution in [-0.4, -0.2) is 12.1 Å². The summed E-state index contributed by atoms with van der Waals surface area (Å²) in [5, 5.41) is 9.37. The van der Waals surface area contributed by atoms with Crippen LogP contribution in [0.3, 0.4) is 0 Å². The van der Waals surface area contributed by atoms with Crippen LogP contribution in [0.25, 0.3) is 21.7 Å². The van der Waals surface area contributed by atoms with Crippen LogP contribution in [0.2, 0.25) is 0 Å². The molecule has 0 saturated carbocycles. The van der Waals surface area contributed by atoms with Gasteiger partial charge in [-0.1, -0.05) is 0 Å². The second-order valence-electron chi connectivity index (χ2n) is 5.16. The number of thiophene rings is 1.